The highest BCUT2D eigenvalue weighted by molar-refractivity contribution is 5.85. The Bertz CT molecular complexity index is 1200. The molecule has 0 unspecified atom stereocenters. The number of H-pyrrole nitrogens is 1. The zero-order valence-electron chi connectivity index (χ0n) is 19.6. The van der Waals surface area contributed by atoms with Gasteiger partial charge in [0.25, 0.3) is 0 Å². The number of nitrogens with zero attached hydrogens (tertiary/aromatic N) is 4. The van der Waals surface area contributed by atoms with Crippen LogP contribution >= 0.6 is 0 Å². The number of aryl methyl sites for hydroxylation is 1. The van der Waals surface area contributed by atoms with Gasteiger partial charge < -0.3 is 24.7 Å². The first-order valence-electron chi connectivity index (χ1n) is 11.3. The maximum atomic E-state index is 6.00. The lowest BCUT2D eigenvalue weighted by atomic mass is 10.2. The number of anilines is 3. The lowest BCUT2D eigenvalue weighted by Gasteiger charge is -2.23. The molecule has 2 N–H and O–H groups in total. The monoisotopic (exact) mass is 446 g/mol. The minimum Gasteiger partial charge on any atom is -0.497 e. The molecule has 0 atom stereocenters. The Morgan fingerprint density at radius 2 is 1.70 bits per heavy atom. The first kappa shape index (κ1) is 22.4. The van der Waals surface area contributed by atoms with Gasteiger partial charge in [-0.25, -0.2) is 0 Å². The number of aromatic nitrogens is 4. The second-order valence-electron chi connectivity index (χ2n) is 7.87. The molecule has 2 aromatic heterocycles. The van der Waals surface area contributed by atoms with Crippen molar-refractivity contribution < 1.29 is 9.47 Å². The van der Waals surface area contributed by atoms with Gasteiger partial charge in [-0.3, -0.25) is 0 Å². The Morgan fingerprint density at radius 3 is 2.36 bits per heavy atom. The molecule has 8 heteroatoms. The molecule has 0 fully saturated rings. The minimum atomic E-state index is 0.390. The molecule has 4 aromatic rings. The van der Waals surface area contributed by atoms with Crippen molar-refractivity contribution in [2.75, 3.05) is 30.4 Å². The molecule has 0 spiro atoms. The van der Waals surface area contributed by atoms with Crippen molar-refractivity contribution in [3.8, 4) is 17.5 Å². The Kier molecular flexibility index (Phi) is 6.92. The van der Waals surface area contributed by atoms with Crippen molar-refractivity contribution >= 4 is 28.6 Å². The fourth-order valence-corrected chi connectivity index (χ4v) is 3.65. The van der Waals surface area contributed by atoms with Gasteiger partial charge in [-0.2, -0.15) is 15.0 Å². The normalized spacial score (nSPS) is 10.9. The summed E-state index contributed by atoms with van der Waals surface area (Å²) in [6.45, 7) is 8.12. The van der Waals surface area contributed by atoms with E-state index < -0.39 is 0 Å². The SMILES string of the molecule is CCCN(CCC)c1nc(Nc2ccc(OC)cc2)nc2nc(Oc3cccc(C)c3)[nH]c12. The van der Waals surface area contributed by atoms with E-state index in [1.807, 2.05) is 55.5 Å². The molecule has 0 amide bonds. The third kappa shape index (κ3) is 5.34. The van der Waals surface area contributed by atoms with Crippen LogP contribution in [0.3, 0.4) is 0 Å². The summed E-state index contributed by atoms with van der Waals surface area (Å²) < 4.78 is 11.2. The van der Waals surface area contributed by atoms with E-state index in [0.717, 1.165) is 60.0 Å². The third-order valence-corrected chi connectivity index (χ3v) is 5.15. The number of ether oxygens (including phenoxy) is 2. The smallest absolute Gasteiger partial charge is 0.301 e. The van der Waals surface area contributed by atoms with Crippen LogP contribution in [0.2, 0.25) is 0 Å². The number of hydrogen-bond donors (Lipinski definition) is 2. The number of nitrogens with one attached hydrogen (secondary N) is 2. The van der Waals surface area contributed by atoms with Crippen LogP contribution in [0, 0.1) is 6.92 Å². The van der Waals surface area contributed by atoms with Crippen LogP contribution in [0.15, 0.2) is 48.5 Å². The van der Waals surface area contributed by atoms with Crippen LogP contribution in [0.25, 0.3) is 11.2 Å². The van der Waals surface area contributed by atoms with E-state index in [4.69, 9.17) is 14.5 Å². The van der Waals surface area contributed by atoms with E-state index in [9.17, 15) is 0 Å². The number of fused-ring (bicyclic) bond motifs is 1. The van der Waals surface area contributed by atoms with Gasteiger partial charge in [0.05, 0.1) is 7.11 Å². The molecule has 172 valence electrons. The third-order valence-electron chi connectivity index (χ3n) is 5.15. The maximum absolute atomic E-state index is 6.00. The highest BCUT2D eigenvalue weighted by atomic mass is 16.5. The average Bonchev–Trinajstić information content (AvgIpc) is 3.21. The zero-order chi connectivity index (χ0) is 23.2. The zero-order valence-corrected chi connectivity index (χ0v) is 19.6. The van der Waals surface area contributed by atoms with E-state index in [-0.39, 0.29) is 0 Å². The molecule has 0 aliphatic rings. The molecule has 2 aromatic carbocycles. The number of rotatable bonds is 10. The number of methoxy groups -OCH3 is 1. The fraction of sp³-hybridized carbons (Fsp3) is 0.320. The summed E-state index contributed by atoms with van der Waals surface area (Å²) in [4.78, 5) is 19.7. The first-order valence-corrected chi connectivity index (χ1v) is 11.3. The minimum absolute atomic E-state index is 0.390. The van der Waals surface area contributed by atoms with Crippen LogP contribution in [0.5, 0.6) is 17.5 Å². The van der Waals surface area contributed by atoms with Gasteiger partial charge in [-0.1, -0.05) is 26.0 Å². The van der Waals surface area contributed by atoms with Crippen molar-refractivity contribution in [1.29, 1.82) is 0 Å². The lowest BCUT2D eigenvalue weighted by molar-refractivity contribution is 0.415. The Balaban J connectivity index is 1.73. The van der Waals surface area contributed by atoms with Gasteiger partial charge in [0.2, 0.25) is 5.95 Å². The fourth-order valence-electron chi connectivity index (χ4n) is 3.65. The second-order valence-corrected chi connectivity index (χ2v) is 7.87. The molecule has 33 heavy (non-hydrogen) atoms. The maximum Gasteiger partial charge on any atom is 0.301 e. The summed E-state index contributed by atoms with van der Waals surface area (Å²) in [7, 11) is 1.65. The number of aromatic amines is 1. The van der Waals surface area contributed by atoms with Gasteiger partial charge in [-0.15, -0.1) is 0 Å². The number of imidazole rings is 1. The molecule has 0 bridgehead atoms. The summed E-state index contributed by atoms with van der Waals surface area (Å²) in [5, 5.41) is 3.29. The number of hydrogen-bond acceptors (Lipinski definition) is 7. The van der Waals surface area contributed by atoms with Gasteiger partial charge in [0.1, 0.15) is 17.0 Å². The highest BCUT2D eigenvalue weighted by Crippen LogP contribution is 2.29. The molecular weight excluding hydrogens is 416 g/mol. The molecular formula is C25H30N6O2. The van der Waals surface area contributed by atoms with E-state index in [1.54, 1.807) is 7.11 Å². The summed E-state index contributed by atoms with van der Waals surface area (Å²) in [6, 6.07) is 15.9. The van der Waals surface area contributed by atoms with E-state index in [0.29, 0.717) is 17.6 Å². The van der Waals surface area contributed by atoms with Crippen LogP contribution in [-0.4, -0.2) is 40.1 Å². The summed E-state index contributed by atoms with van der Waals surface area (Å²) in [5.41, 5.74) is 3.30. The average molecular weight is 447 g/mol. The van der Waals surface area contributed by atoms with Crippen molar-refractivity contribution in [3.05, 3.63) is 54.1 Å². The van der Waals surface area contributed by atoms with E-state index in [2.05, 4.69) is 39.0 Å². The molecule has 8 nitrogen and oxygen atoms in total. The first-order chi connectivity index (χ1) is 16.1. The van der Waals surface area contributed by atoms with Crippen LogP contribution in [0.4, 0.5) is 17.5 Å². The largest absolute Gasteiger partial charge is 0.497 e. The van der Waals surface area contributed by atoms with Crippen LogP contribution < -0.4 is 19.7 Å². The summed E-state index contributed by atoms with van der Waals surface area (Å²) in [6.07, 6.45) is 2.01. The Labute approximate surface area is 194 Å². The molecule has 0 radical (unpaired) electrons. The van der Waals surface area contributed by atoms with Gasteiger partial charge in [0.15, 0.2) is 11.5 Å². The second kappa shape index (κ2) is 10.2. The predicted molar refractivity (Wildman–Crippen MR) is 132 cm³/mol. The van der Waals surface area contributed by atoms with Crippen LogP contribution in [0.1, 0.15) is 32.3 Å². The van der Waals surface area contributed by atoms with Crippen molar-refractivity contribution in [2.24, 2.45) is 0 Å². The molecule has 2 heterocycles. The van der Waals surface area contributed by atoms with Gasteiger partial charge >= 0.3 is 6.01 Å². The molecule has 0 aliphatic carbocycles. The molecule has 0 saturated heterocycles. The van der Waals surface area contributed by atoms with E-state index >= 15 is 0 Å². The van der Waals surface area contributed by atoms with Crippen molar-refractivity contribution in [2.45, 2.75) is 33.6 Å². The summed E-state index contributed by atoms with van der Waals surface area (Å²) in [5.74, 6) is 2.80. The Morgan fingerprint density at radius 1 is 0.939 bits per heavy atom. The Hall–Kier alpha value is -3.81. The molecule has 4 rings (SSSR count). The van der Waals surface area contributed by atoms with Gasteiger partial charge in [0, 0.05) is 18.8 Å². The molecule has 0 aliphatic heterocycles. The highest BCUT2D eigenvalue weighted by Gasteiger charge is 2.18. The van der Waals surface area contributed by atoms with Crippen molar-refractivity contribution in [1.82, 2.24) is 19.9 Å². The van der Waals surface area contributed by atoms with Crippen LogP contribution in [-0.2, 0) is 0 Å². The van der Waals surface area contributed by atoms with E-state index in [1.165, 1.54) is 0 Å². The summed E-state index contributed by atoms with van der Waals surface area (Å²) >= 11 is 0. The molecule has 0 saturated carbocycles. The predicted octanol–water partition coefficient (Wildman–Crippen LogP) is 5.83. The lowest BCUT2D eigenvalue weighted by Crippen LogP contribution is -2.26. The van der Waals surface area contributed by atoms with Crippen molar-refractivity contribution in [3.63, 3.8) is 0 Å². The van der Waals surface area contributed by atoms with Gasteiger partial charge in [-0.05, 0) is 61.7 Å². The quantitative estimate of drug-likeness (QED) is 0.317. The topological polar surface area (TPSA) is 88.2 Å². The number of benzene rings is 2. The standard InChI is InChI=1S/C25H30N6O2/c1-5-14-31(15-6-2)23-21-22(29-25(27-21)33-20-9-7-8-17(3)16-20)28-24(30-23)26-18-10-12-19(32-4)13-11-18/h7-13,16H,5-6,14-15H2,1-4H3,(H2,26,27,28,29,30).